The lowest BCUT2D eigenvalue weighted by Crippen LogP contribution is -2.14. The van der Waals surface area contributed by atoms with Crippen LogP contribution in [0, 0.1) is 0 Å². The van der Waals surface area contributed by atoms with Crippen LogP contribution in [0.2, 0.25) is 0 Å². The molecule has 0 amide bonds. The summed E-state index contributed by atoms with van der Waals surface area (Å²) in [6.45, 7) is 0.671. The summed E-state index contributed by atoms with van der Waals surface area (Å²) < 4.78 is 1.10. The number of thiophene rings is 1. The van der Waals surface area contributed by atoms with Crippen LogP contribution in [0.4, 0.5) is 5.82 Å². The molecule has 0 unspecified atom stereocenters. The maximum absolute atomic E-state index is 5.61. The number of anilines is 1. The monoisotopic (exact) mass is 328 g/mol. The minimum Gasteiger partial charge on any atom is -0.389 e. The largest absolute Gasteiger partial charge is 0.389 e. The standard InChI is InChI=1S/C10H9BrN4S2/c11-8-2-1-6(17-8)5-13-10-7(9(12)16)3-4-14-15-10/h1-4H,5H2,(H2,12,16)(H,13,15). The van der Waals surface area contributed by atoms with Gasteiger partial charge in [0.1, 0.15) is 4.99 Å². The summed E-state index contributed by atoms with van der Waals surface area (Å²) in [5, 5.41) is 11.0. The lowest BCUT2D eigenvalue weighted by molar-refractivity contribution is 1.00. The molecule has 2 aromatic heterocycles. The average Bonchev–Trinajstić information content (AvgIpc) is 2.73. The van der Waals surface area contributed by atoms with E-state index in [0.29, 0.717) is 22.9 Å². The molecule has 3 N–H and O–H groups in total. The van der Waals surface area contributed by atoms with Crippen molar-refractivity contribution in [3.63, 3.8) is 0 Å². The fourth-order valence-corrected chi connectivity index (χ4v) is 2.87. The molecule has 0 aliphatic heterocycles. The zero-order valence-electron chi connectivity index (χ0n) is 8.68. The molecule has 17 heavy (non-hydrogen) atoms. The van der Waals surface area contributed by atoms with Crippen LogP contribution in [0.25, 0.3) is 0 Å². The Bertz CT molecular complexity index is 541. The maximum atomic E-state index is 5.61. The van der Waals surface area contributed by atoms with Gasteiger partial charge in [-0.05, 0) is 34.1 Å². The Morgan fingerprint density at radius 2 is 2.29 bits per heavy atom. The molecule has 0 radical (unpaired) electrons. The average molecular weight is 329 g/mol. The topological polar surface area (TPSA) is 63.8 Å². The Morgan fingerprint density at radius 3 is 2.94 bits per heavy atom. The highest BCUT2D eigenvalue weighted by molar-refractivity contribution is 9.11. The van der Waals surface area contributed by atoms with E-state index in [4.69, 9.17) is 18.0 Å². The summed E-state index contributed by atoms with van der Waals surface area (Å²) in [4.78, 5) is 1.51. The predicted octanol–water partition coefficient (Wildman–Crippen LogP) is 2.55. The van der Waals surface area contributed by atoms with Crippen LogP contribution in [-0.2, 0) is 6.54 Å². The van der Waals surface area contributed by atoms with E-state index in [1.54, 1.807) is 23.6 Å². The van der Waals surface area contributed by atoms with Crippen LogP contribution in [-0.4, -0.2) is 15.2 Å². The molecule has 2 heterocycles. The quantitative estimate of drug-likeness (QED) is 0.844. The Hall–Kier alpha value is -1.05. The lowest BCUT2D eigenvalue weighted by Gasteiger charge is -2.07. The van der Waals surface area contributed by atoms with E-state index in [1.165, 1.54) is 4.88 Å². The smallest absolute Gasteiger partial charge is 0.159 e. The molecule has 0 atom stereocenters. The highest BCUT2D eigenvalue weighted by atomic mass is 79.9. The molecule has 0 aromatic carbocycles. The Balaban J connectivity index is 2.11. The fraction of sp³-hybridized carbons (Fsp3) is 0.100. The third kappa shape index (κ3) is 3.21. The van der Waals surface area contributed by atoms with Crippen molar-refractivity contribution in [3.8, 4) is 0 Å². The van der Waals surface area contributed by atoms with Gasteiger partial charge in [0, 0.05) is 4.88 Å². The van der Waals surface area contributed by atoms with Gasteiger partial charge in [-0.2, -0.15) is 5.10 Å². The highest BCUT2D eigenvalue weighted by Crippen LogP contribution is 2.23. The third-order valence-corrected chi connectivity index (χ3v) is 3.89. The first-order chi connectivity index (χ1) is 8.16. The van der Waals surface area contributed by atoms with E-state index in [-0.39, 0.29) is 0 Å². The molecular weight excluding hydrogens is 320 g/mol. The first-order valence-electron chi connectivity index (χ1n) is 4.76. The summed E-state index contributed by atoms with van der Waals surface area (Å²) in [5.74, 6) is 0.615. The van der Waals surface area contributed by atoms with Crippen molar-refractivity contribution in [1.29, 1.82) is 0 Å². The second-order valence-corrected chi connectivity index (χ2v) is 6.20. The summed E-state index contributed by atoms with van der Waals surface area (Å²) in [7, 11) is 0. The first kappa shape index (κ1) is 12.4. The van der Waals surface area contributed by atoms with Gasteiger partial charge >= 0.3 is 0 Å². The normalized spacial score (nSPS) is 10.2. The maximum Gasteiger partial charge on any atom is 0.159 e. The molecule has 0 bridgehead atoms. The van der Waals surface area contributed by atoms with Gasteiger partial charge in [0.2, 0.25) is 0 Å². The van der Waals surface area contributed by atoms with Crippen molar-refractivity contribution in [2.45, 2.75) is 6.54 Å². The van der Waals surface area contributed by atoms with Gasteiger partial charge in [-0.25, -0.2) is 0 Å². The van der Waals surface area contributed by atoms with Crippen molar-refractivity contribution in [1.82, 2.24) is 10.2 Å². The zero-order chi connectivity index (χ0) is 12.3. The van der Waals surface area contributed by atoms with Gasteiger partial charge < -0.3 is 11.1 Å². The molecule has 0 saturated heterocycles. The van der Waals surface area contributed by atoms with Crippen LogP contribution in [0.15, 0.2) is 28.2 Å². The third-order valence-electron chi connectivity index (χ3n) is 2.05. The molecule has 0 saturated carbocycles. The number of nitrogens with zero attached hydrogens (tertiary/aromatic N) is 2. The molecule has 0 fully saturated rings. The van der Waals surface area contributed by atoms with Crippen LogP contribution in [0.1, 0.15) is 10.4 Å². The van der Waals surface area contributed by atoms with E-state index in [2.05, 4.69) is 31.4 Å². The Kier molecular flexibility index (Phi) is 4.03. The predicted molar refractivity (Wildman–Crippen MR) is 77.3 cm³/mol. The van der Waals surface area contributed by atoms with E-state index in [1.807, 2.05) is 12.1 Å². The van der Waals surface area contributed by atoms with Gasteiger partial charge in [0.25, 0.3) is 0 Å². The summed E-state index contributed by atoms with van der Waals surface area (Å²) in [6, 6.07) is 5.80. The molecule has 0 aliphatic rings. The zero-order valence-corrected chi connectivity index (χ0v) is 11.9. The summed E-state index contributed by atoms with van der Waals surface area (Å²) in [5.41, 5.74) is 6.32. The van der Waals surface area contributed by atoms with E-state index in [0.717, 1.165) is 3.79 Å². The van der Waals surface area contributed by atoms with Crippen molar-refractivity contribution >= 4 is 50.3 Å². The minimum atomic E-state index is 0.315. The molecule has 2 rings (SSSR count). The van der Waals surface area contributed by atoms with Crippen molar-refractivity contribution in [2.75, 3.05) is 5.32 Å². The first-order valence-corrected chi connectivity index (χ1v) is 6.78. The van der Waals surface area contributed by atoms with Gasteiger partial charge in [0.05, 0.1) is 22.1 Å². The van der Waals surface area contributed by atoms with E-state index >= 15 is 0 Å². The van der Waals surface area contributed by atoms with Crippen LogP contribution in [0.3, 0.4) is 0 Å². The summed E-state index contributed by atoms with van der Waals surface area (Å²) in [6.07, 6.45) is 1.57. The van der Waals surface area contributed by atoms with Gasteiger partial charge in [-0.3, -0.25) is 0 Å². The van der Waals surface area contributed by atoms with Crippen molar-refractivity contribution < 1.29 is 0 Å². The molecule has 4 nitrogen and oxygen atoms in total. The number of rotatable bonds is 4. The number of thiocarbonyl (C=S) groups is 1. The number of nitrogens with one attached hydrogen (secondary N) is 1. The van der Waals surface area contributed by atoms with Crippen LogP contribution < -0.4 is 11.1 Å². The second kappa shape index (κ2) is 5.52. The minimum absolute atomic E-state index is 0.315. The SMILES string of the molecule is NC(=S)c1ccnnc1NCc1ccc(Br)s1. The number of halogens is 1. The van der Waals surface area contributed by atoms with Gasteiger partial charge in [0.15, 0.2) is 5.82 Å². The highest BCUT2D eigenvalue weighted by Gasteiger charge is 2.06. The molecule has 88 valence electrons. The molecule has 2 aromatic rings. The van der Waals surface area contributed by atoms with Crippen molar-refractivity contribution in [3.05, 3.63) is 38.6 Å². The lowest BCUT2D eigenvalue weighted by atomic mass is 10.3. The van der Waals surface area contributed by atoms with E-state index in [9.17, 15) is 0 Å². The summed E-state index contributed by atoms with van der Waals surface area (Å²) >= 11 is 10.0. The number of hydrogen-bond donors (Lipinski definition) is 2. The molecule has 0 spiro atoms. The second-order valence-electron chi connectivity index (χ2n) is 3.22. The number of aromatic nitrogens is 2. The Labute approximate surface area is 116 Å². The molecular formula is C10H9BrN4S2. The van der Waals surface area contributed by atoms with Gasteiger partial charge in [-0.15, -0.1) is 16.4 Å². The molecule has 7 heteroatoms. The van der Waals surface area contributed by atoms with Crippen LogP contribution in [0.5, 0.6) is 0 Å². The number of nitrogens with two attached hydrogens (primary N) is 1. The van der Waals surface area contributed by atoms with Crippen molar-refractivity contribution in [2.24, 2.45) is 5.73 Å². The number of hydrogen-bond acceptors (Lipinski definition) is 5. The van der Waals surface area contributed by atoms with Gasteiger partial charge in [-0.1, -0.05) is 12.2 Å². The van der Waals surface area contributed by atoms with E-state index < -0.39 is 0 Å². The Morgan fingerprint density at radius 1 is 1.47 bits per heavy atom. The fourth-order valence-electron chi connectivity index (χ4n) is 1.28. The molecule has 0 aliphatic carbocycles. The van der Waals surface area contributed by atoms with Crippen LogP contribution >= 0.6 is 39.5 Å².